The van der Waals surface area contributed by atoms with Gasteiger partial charge in [0.05, 0.1) is 11.8 Å². The molecule has 7 nitrogen and oxygen atoms in total. The maximum atomic E-state index is 12.6. The Balaban J connectivity index is 1.36. The van der Waals surface area contributed by atoms with Crippen LogP contribution in [0.5, 0.6) is 0 Å². The molecule has 2 fully saturated rings. The van der Waals surface area contributed by atoms with Gasteiger partial charge in [-0.1, -0.05) is 49.2 Å². The molecule has 1 saturated carbocycles. The van der Waals surface area contributed by atoms with E-state index in [4.69, 9.17) is 4.74 Å². The monoisotopic (exact) mass is 408 g/mol. The minimum atomic E-state index is -1.04. The summed E-state index contributed by atoms with van der Waals surface area (Å²) in [4.78, 5) is 51.0. The number of fused-ring (bicyclic) bond motifs is 2. The van der Waals surface area contributed by atoms with Crippen LogP contribution in [0.2, 0.25) is 0 Å². The summed E-state index contributed by atoms with van der Waals surface area (Å²) in [5.74, 6) is -2.49. The van der Waals surface area contributed by atoms with E-state index in [9.17, 15) is 19.2 Å². The number of anilines is 1. The summed E-state index contributed by atoms with van der Waals surface area (Å²) in [5.41, 5.74) is 0.621. The molecule has 1 aliphatic heterocycles. The first-order chi connectivity index (χ1) is 14.5. The lowest BCUT2D eigenvalue weighted by atomic mass is 9.81. The van der Waals surface area contributed by atoms with Crippen LogP contribution in [0.25, 0.3) is 10.8 Å². The lowest BCUT2D eigenvalue weighted by molar-refractivity contribution is -0.159. The summed E-state index contributed by atoms with van der Waals surface area (Å²) in [7, 11) is 0. The van der Waals surface area contributed by atoms with E-state index >= 15 is 0 Å². The maximum Gasteiger partial charge on any atom is 0.329 e. The summed E-state index contributed by atoms with van der Waals surface area (Å²) in [6.45, 7) is 0.980. The van der Waals surface area contributed by atoms with Crippen LogP contribution in [0.15, 0.2) is 42.5 Å². The zero-order chi connectivity index (χ0) is 21.3. The predicted molar refractivity (Wildman–Crippen MR) is 110 cm³/mol. The van der Waals surface area contributed by atoms with Gasteiger partial charge in [-0.3, -0.25) is 19.3 Å². The minimum Gasteiger partial charge on any atom is -0.454 e. The van der Waals surface area contributed by atoms with Gasteiger partial charge >= 0.3 is 5.97 Å². The van der Waals surface area contributed by atoms with E-state index < -0.39 is 24.5 Å². The van der Waals surface area contributed by atoms with Crippen molar-refractivity contribution in [3.8, 4) is 0 Å². The Bertz CT molecular complexity index is 988. The number of carbonyl (C=O) groups excluding carboxylic acids is 4. The van der Waals surface area contributed by atoms with Crippen LogP contribution in [0.4, 0.5) is 5.69 Å². The zero-order valence-electron chi connectivity index (χ0n) is 16.8. The van der Waals surface area contributed by atoms with E-state index in [0.717, 1.165) is 28.5 Å². The summed E-state index contributed by atoms with van der Waals surface area (Å²) in [6, 6.07) is 12.1. The van der Waals surface area contributed by atoms with E-state index in [1.807, 2.05) is 36.4 Å². The SMILES string of the molecule is C[C@@H](C(=O)OCC(=O)Nc1cccc2ccccc12)N1C(=O)[C@@H]2CCCC[C@H]2C1=O. The number of benzene rings is 2. The Hall–Kier alpha value is -3.22. The zero-order valence-corrected chi connectivity index (χ0v) is 16.8. The van der Waals surface area contributed by atoms with Gasteiger partial charge < -0.3 is 10.1 Å². The second-order valence-corrected chi connectivity index (χ2v) is 7.90. The number of esters is 1. The van der Waals surface area contributed by atoms with Crippen LogP contribution in [-0.4, -0.2) is 41.2 Å². The van der Waals surface area contributed by atoms with Gasteiger partial charge in [0.25, 0.3) is 5.91 Å². The van der Waals surface area contributed by atoms with Crippen LogP contribution in [0.1, 0.15) is 32.6 Å². The number of likely N-dealkylation sites (tertiary alicyclic amines) is 1. The van der Waals surface area contributed by atoms with Gasteiger partial charge in [-0.05, 0) is 31.2 Å². The summed E-state index contributed by atoms with van der Waals surface area (Å²) in [6.07, 6.45) is 3.20. The van der Waals surface area contributed by atoms with Crippen molar-refractivity contribution in [3.63, 3.8) is 0 Å². The Morgan fingerprint density at radius 1 is 1.03 bits per heavy atom. The van der Waals surface area contributed by atoms with E-state index in [1.54, 1.807) is 6.07 Å². The Morgan fingerprint density at radius 3 is 2.37 bits per heavy atom. The Kier molecular flexibility index (Phi) is 5.53. The number of hydrogen-bond acceptors (Lipinski definition) is 5. The third-order valence-corrected chi connectivity index (χ3v) is 6.01. The van der Waals surface area contributed by atoms with Crippen molar-refractivity contribution in [1.29, 1.82) is 0 Å². The average Bonchev–Trinajstić information content (AvgIpc) is 3.02. The molecule has 1 aliphatic carbocycles. The highest BCUT2D eigenvalue weighted by Gasteiger charge is 2.51. The van der Waals surface area contributed by atoms with Crippen molar-refractivity contribution < 1.29 is 23.9 Å². The van der Waals surface area contributed by atoms with Gasteiger partial charge in [-0.15, -0.1) is 0 Å². The minimum absolute atomic E-state index is 0.297. The molecular formula is C23H24N2O5. The number of hydrogen-bond donors (Lipinski definition) is 1. The highest BCUT2D eigenvalue weighted by atomic mass is 16.5. The van der Waals surface area contributed by atoms with Gasteiger partial charge in [-0.25, -0.2) is 4.79 Å². The van der Waals surface area contributed by atoms with Crippen molar-refractivity contribution in [2.24, 2.45) is 11.8 Å². The maximum absolute atomic E-state index is 12.6. The topological polar surface area (TPSA) is 92.8 Å². The molecule has 156 valence electrons. The van der Waals surface area contributed by atoms with E-state index in [0.29, 0.717) is 18.5 Å². The van der Waals surface area contributed by atoms with Crippen molar-refractivity contribution >= 4 is 40.2 Å². The van der Waals surface area contributed by atoms with E-state index in [1.165, 1.54) is 6.92 Å². The van der Waals surface area contributed by atoms with Crippen LogP contribution >= 0.6 is 0 Å². The van der Waals surface area contributed by atoms with Crippen LogP contribution < -0.4 is 5.32 Å². The standard InChI is InChI=1S/C23H24N2O5/c1-14(25-21(27)17-10-4-5-11-18(17)22(25)28)23(29)30-13-20(26)24-19-12-6-8-15-7-2-3-9-16(15)19/h2-3,6-9,12,14,17-18H,4-5,10-11,13H2,1H3,(H,24,26)/t14-,17+,18+/m0/s1. The fourth-order valence-electron chi connectivity index (χ4n) is 4.45. The first kappa shape index (κ1) is 20.1. The first-order valence-corrected chi connectivity index (χ1v) is 10.3. The Morgan fingerprint density at radius 2 is 1.67 bits per heavy atom. The molecule has 1 saturated heterocycles. The molecule has 0 spiro atoms. The molecular weight excluding hydrogens is 384 g/mol. The van der Waals surface area contributed by atoms with Gasteiger partial charge in [0.15, 0.2) is 6.61 Å². The molecule has 0 radical (unpaired) electrons. The third kappa shape index (κ3) is 3.67. The molecule has 0 unspecified atom stereocenters. The van der Waals surface area contributed by atoms with Crippen LogP contribution in [-0.2, 0) is 23.9 Å². The first-order valence-electron chi connectivity index (χ1n) is 10.3. The number of rotatable bonds is 5. The quantitative estimate of drug-likeness (QED) is 0.607. The number of ether oxygens (including phenoxy) is 1. The lowest BCUT2D eigenvalue weighted by Gasteiger charge is -2.21. The number of carbonyl (C=O) groups is 4. The van der Waals surface area contributed by atoms with Crippen molar-refractivity contribution in [2.75, 3.05) is 11.9 Å². The Labute approximate surface area is 174 Å². The third-order valence-electron chi connectivity index (χ3n) is 6.01. The molecule has 2 aromatic carbocycles. The smallest absolute Gasteiger partial charge is 0.329 e. The number of amides is 3. The van der Waals surface area contributed by atoms with Gasteiger partial charge in [0.1, 0.15) is 6.04 Å². The van der Waals surface area contributed by atoms with Crippen LogP contribution in [0, 0.1) is 11.8 Å². The van der Waals surface area contributed by atoms with E-state index in [-0.39, 0.29) is 23.7 Å². The molecule has 3 atom stereocenters. The summed E-state index contributed by atoms with van der Waals surface area (Å²) in [5, 5.41) is 4.60. The van der Waals surface area contributed by atoms with Crippen molar-refractivity contribution in [3.05, 3.63) is 42.5 Å². The molecule has 0 aromatic heterocycles. The molecule has 2 aromatic rings. The fraction of sp³-hybridized carbons (Fsp3) is 0.391. The number of nitrogens with one attached hydrogen (secondary N) is 1. The molecule has 1 N–H and O–H groups in total. The van der Waals surface area contributed by atoms with Crippen molar-refractivity contribution in [1.82, 2.24) is 4.90 Å². The molecule has 30 heavy (non-hydrogen) atoms. The molecule has 2 aliphatic rings. The molecule has 0 bridgehead atoms. The second kappa shape index (κ2) is 8.26. The molecule has 4 rings (SSSR count). The van der Waals surface area contributed by atoms with Crippen molar-refractivity contribution in [2.45, 2.75) is 38.6 Å². The summed E-state index contributed by atoms with van der Waals surface area (Å²) >= 11 is 0. The number of imide groups is 1. The highest BCUT2D eigenvalue weighted by Crippen LogP contribution is 2.38. The highest BCUT2D eigenvalue weighted by molar-refractivity contribution is 6.08. The molecule has 7 heteroatoms. The molecule has 1 heterocycles. The van der Waals surface area contributed by atoms with Gasteiger partial charge in [-0.2, -0.15) is 0 Å². The lowest BCUT2D eigenvalue weighted by Crippen LogP contribution is -2.45. The van der Waals surface area contributed by atoms with Gasteiger partial charge in [0.2, 0.25) is 11.8 Å². The van der Waals surface area contributed by atoms with Crippen LogP contribution in [0.3, 0.4) is 0 Å². The normalized spacial score (nSPS) is 22.0. The van der Waals surface area contributed by atoms with Gasteiger partial charge in [0, 0.05) is 11.1 Å². The fourth-order valence-corrected chi connectivity index (χ4v) is 4.45. The second-order valence-electron chi connectivity index (χ2n) is 7.90. The largest absolute Gasteiger partial charge is 0.454 e. The van der Waals surface area contributed by atoms with E-state index in [2.05, 4.69) is 5.32 Å². The molecule has 3 amide bonds. The number of nitrogens with zero attached hydrogens (tertiary/aromatic N) is 1. The summed E-state index contributed by atoms with van der Waals surface area (Å²) < 4.78 is 5.12. The predicted octanol–water partition coefficient (Wildman–Crippen LogP) is 2.89. The average molecular weight is 408 g/mol.